The Hall–Kier alpha value is -0.500. The SMILES string of the molecule is Cc1cc(C)c(OC(C)C)cc1Br. The molecule has 0 bridgehead atoms. The van der Waals surface area contributed by atoms with E-state index in [-0.39, 0.29) is 6.10 Å². The first-order valence-electron chi connectivity index (χ1n) is 4.44. The van der Waals surface area contributed by atoms with Crippen LogP contribution in [0.5, 0.6) is 5.75 Å². The summed E-state index contributed by atoms with van der Waals surface area (Å²) in [5.74, 6) is 0.965. The molecule has 0 radical (unpaired) electrons. The van der Waals surface area contributed by atoms with Crippen LogP contribution in [0.4, 0.5) is 0 Å². The molecule has 0 amide bonds. The molecule has 1 aromatic carbocycles. The van der Waals surface area contributed by atoms with Gasteiger partial charge in [0.1, 0.15) is 5.75 Å². The fourth-order valence-corrected chi connectivity index (χ4v) is 1.51. The minimum absolute atomic E-state index is 0.230. The van der Waals surface area contributed by atoms with Crippen LogP contribution < -0.4 is 4.74 Å². The lowest BCUT2D eigenvalue weighted by atomic mass is 10.1. The predicted molar refractivity (Wildman–Crippen MR) is 59.4 cm³/mol. The van der Waals surface area contributed by atoms with Gasteiger partial charge in [0, 0.05) is 4.47 Å². The molecular weight excluding hydrogens is 228 g/mol. The number of rotatable bonds is 2. The Balaban J connectivity index is 3.01. The van der Waals surface area contributed by atoms with Gasteiger partial charge in [-0.25, -0.2) is 0 Å². The molecule has 2 heteroatoms. The summed E-state index contributed by atoms with van der Waals surface area (Å²) < 4.78 is 6.76. The molecule has 0 saturated carbocycles. The molecule has 0 aliphatic carbocycles. The molecule has 72 valence electrons. The van der Waals surface area contributed by atoms with Gasteiger partial charge in [-0.3, -0.25) is 0 Å². The van der Waals surface area contributed by atoms with Crippen LogP contribution in [0.15, 0.2) is 16.6 Å². The van der Waals surface area contributed by atoms with Crippen LogP contribution in [0.1, 0.15) is 25.0 Å². The van der Waals surface area contributed by atoms with Crippen LogP contribution in [0, 0.1) is 13.8 Å². The lowest BCUT2D eigenvalue weighted by Gasteiger charge is -2.13. The average molecular weight is 243 g/mol. The largest absolute Gasteiger partial charge is 0.491 e. The fourth-order valence-electron chi connectivity index (χ4n) is 1.19. The molecule has 0 spiro atoms. The van der Waals surface area contributed by atoms with E-state index in [1.807, 2.05) is 19.9 Å². The predicted octanol–water partition coefficient (Wildman–Crippen LogP) is 3.85. The molecule has 1 aromatic rings. The summed E-state index contributed by atoms with van der Waals surface area (Å²) >= 11 is 3.49. The van der Waals surface area contributed by atoms with Crippen molar-refractivity contribution in [2.45, 2.75) is 33.8 Å². The van der Waals surface area contributed by atoms with Gasteiger partial charge < -0.3 is 4.74 Å². The van der Waals surface area contributed by atoms with E-state index in [4.69, 9.17) is 4.74 Å². The lowest BCUT2D eigenvalue weighted by Crippen LogP contribution is -2.06. The van der Waals surface area contributed by atoms with Crippen molar-refractivity contribution in [3.8, 4) is 5.75 Å². The molecule has 0 saturated heterocycles. The van der Waals surface area contributed by atoms with Crippen molar-refractivity contribution in [1.82, 2.24) is 0 Å². The molecular formula is C11H15BrO. The number of hydrogen-bond donors (Lipinski definition) is 0. The van der Waals surface area contributed by atoms with Crippen molar-refractivity contribution >= 4 is 15.9 Å². The van der Waals surface area contributed by atoms with Crippen molar-refractivity contribution in [1.29, 1.82) is 0 Å². The number of aryl methyl sites for hydroxylation is 2. The van der Waals surface area contributed by atoms with Crippen LogP contribution in [0.2, 0.25) is 0 Å². The van der Waals surface area contributed by atoms with Gasteiger partial charge in [0.2, 0.25) is 0 Å². The average Bonchev–Trinajstić information content (AvgIpc) is 1.99. The zero-order valence-electron chi connectivity index (χ0n) is 8.52. The van der Waals surface area contributed by atoms with E-state index in [9.17, 15) is 0 Å². The third-order valence-corrected chi connectivity index (χ3v) is 2.67. The normalized spacial score (nSPS) is 10.6. The van der Waals surface area contributed by atoms with Crippen LogP contribution >= 0.6 is 15.9 Å². The summed E-state index contributed by atoms with van der Waals surface area (Å²) in [6, 6.07) is 4.16. The molecule has 0 aliphatic rings. The summed E-state index contributed by atoms with van der Waals surface area (Å²) in [6.45, 7) is 8.22. The number of hydrogen-bond acceptors (Lipinski definition) is 1. The molecule has 0 atom stereocenters. The standard InChI is InChI=1S/C11H15BrO/c1-7(2)13-11-6-10(12)8(3)5-9(11)4/h5-7H,1-4H3. The quantitative estimate of drug-likeness (QED) is 0.766. The molecule has 13 heavy (non-hydrogen) atoms. The summed E-state index contributed by atoms with van der Waals surface area (Å²) in [4.78, 5) is 0. The van der Waals surface area contributed by atoms with E-state index < -0.39 is 0 Å². The van der Waals surface area contributed by atoms with E-state index in [2.05, 4.69) is 35.8 Å². The zero-order chi connectivity index (χ0) is 10.0. The molecule has 0 heterocycles. The van der Waals surface area contributed by atoms with Gasteiger partial charge >= 0.3 is 0 Å². The topological polar surface area (TPSA) is 9.23 Å². The Kier molecular flexibility index (Phi) is 3.37. The maximum Gasteiger partial charge on any atom is 0.123 e. The highest BCUT2D eigenvalue weighted by atomic mass is 79.9. The van der Waals surface area contributed by atoms with Gasteiger partial charge in [-0.2, -0.15) is 0 Å². The van der Waals surface area contributed by atoms with E-state index in [1.54, 1.807) is 0 Å². The summed E-state index contributed by atoms with van der Waals surface area (Å²) in [5, 5.41) is 0. The molecule has 0 unspecified atom stereocenters. The fraction of sp³-hybridized carbons (Fsp3) is 0.455. The number of benzene rings is 1. The third kappa shape index (κ3) is 2.73. The lowest BCUT2D eigenvalue weighted by molar-refractivity contribution is 0.240. The highest BCUT2D eigenvalue weighted by molar-refractivity contribution is 9.10. The van der Waals surface area contributed by atoms with E-state index >= 15 is 0 Å². The Morgan fingerprint density at radius 1 is 1.15 bits per heavy atom. The van der Waals surface area contributed by atoms with Gasteiger partial charge in [-0.15, -0.1) is 0 Å². The maximum absolute atomic E-state index is 5.65. The first kappa shape index (κ1) is 10.6. The minimum Gasteiger partial charge on any atom is -0.491 e. The number of ether oxygens (including phenoxy) is 1. The van der Waals surface area contributed by atoms with Crippen LogP contribution in [0.25, 0.3) is 0 Å². The zero-order valence-corrected chi connectivity index (χ0v) is 10.1. The van der Waals surface area contributed by atoms with Crippen molar-refractivity contribution in [2.24, 2.45) is 0 Å². The molecule has 0 N–H and O–H groups in total. The summed E-state index contributed by atoms with van der Waals surface area (Å²) in [6.07, 6.45) is 0.230. The molecule has 1 rings (SSSR count). The highest BCUT2D eigenvalue weighted by Gasteiger charge is 2.04. The van der Waals surface area contributed by atoms with Gasteiger partial charge in [0.15, 0.2) is 0 Å². The molecule has 1 nitrogen and oxygen atoms in total. The van der Waals surface area contributed by atoms with Crippen molar-refractivity contribution in [3.05, 3.63) is 27.7 Å². The smallest absolute Gasteiger partial charge is 0.123 e. The van der Waals surface area contributed by atoms with Crippen LogP contribution in [-0.2, 0) is 0 Å². The summed E-state index contributed by atoms with van der Waals surface area (Å²) in [7, 11) is 0. The Bertz CT molecular complexity index is 305. The Morgan fingerprint density at radius 2 is 1.77 bits per heavy atom. The minimum atomic E-state index is 0.230. The number of halogens is 1. The van der Waals surface area contributed by atoms with E-state index in [0.717, 1.165) is 10.2 Å². The van der Waals surface area contributed by atoms with Gasteiger partial charge in [-0.1, -0.05) is 22.0 Å². The van der Waals surface area contributed by atoms with Crippen molar-refractivity contribution in [3.63, 3.8) is 0 Å². The van der Waals surface area contributed by atoms with Crippen molar-refractivity contribution < 1.29 is 4.74 Å². The van der Waals surface area contributed by atoms with Crippen molar-refractivity contribution in [2.75, 3.05) is 0 Å². The highest BCUT2D eigenvalue weighted by Crippen LogP contribution is 2.27. The first-order valence-corrected chi connectivity index (χ1v) is 5.23. The Labute approximate surface area is 88.2 Å². The van der Waals surface area contributed by atoms with Gasteiger partial charge in [0.25, 0.3) is 0 Å². The second-order valence-electron chi connectivity index (χ2n) is 3.53. The third-order valence-electron chi connectivity index (χ3n) is 1.82. The molecule has 0 fully saturated rings. The summed E-state index contributed by atoms with van der Waals surface area (Å²) in [5.41, 5.74) is 2.43. The first-order chi connectivity index (χ1) is 6.00. The van der Waals surface area contributed by atoms with E-state index in [1.165, 1.54) is 11.1 Å². The maximum atomic E-state index is 5.65. The molecule has 0 aromatic heterocycles. The van der Waals surface area contributed by atoms with Crippen LogP contribution in [0.3, 0.4) is 0 Å². The second kappa shape index (κ2) is 4.14. The van der Waals surface area contributed by atoms with Gasteiger partial charge in [0.05, 0.1) is 6.10 Å². The Morgan fingerprint density at radius 3 is 2.31 bits per heavy atom. The van der Waals surface area contributed by atoms with Gasteiger partial charge in [-0.05, 0) is 44.9 Å². The molecule has 0 aliphatic heterocycles. The second-order valence-corrected chi connectivity index (χ2v) is 4.39. The van der Waals surface area contributed by atoms with Crippen LogP contribution in [-0.4, -0.2) is 6.10 Å². The monoisotopic (exact) mass is 242 g/mol. The van der Waals surface area contributed by atoms with E-state index in [0.29, 0.717) is 0 Å².